The van der Waals surface area contributed by atoms with Gasteiger partial charge in [0.2, 0.25) is 0 Å². The predicted molar refractivity (Wildman–Crippen MR) is 50.7 cm³/mol. The zero-order valence-electron chi connectivity index (χ0n) is 8.62. The minimum absolute atomic E-state index is 0.0708. The molecule has 0 aliphatic rings. The molecule has 0 aromatic heterocycles. The van der Waals surface area contributed by atoms with E-state index in [1.165, 1.54) is 0 Å². The van der Waals surface area contributed by atoms with Crippen LogP contribution < -0.4 is 0 Å². The molecule has 13 heavy (non-hydrogen) atoms. The Morgan fingerprint density at radius 3 is 2.54 bits per heavy atom. The molecule has 0 heterocycles. The maximum absolute atomic E-state index is 11.1. The van der Waals surface area contributed by atoms with Crippen molar-refractivity contribution in [2.24, 2.45) is 0 Å². The van der Waals surface area contributed by atoms with Gasteiger partial charge >= 0.3 is 0 Å². The molecular weight excluding hydrogens is 170 g/mol. The number of ketones is 1. The highest BCUT2D eigenvalue weighted by atomic mass is 16.5. The van der Waals surface area contributed by atoms with Crippen molar-refractivity contribution < 1.29 is 14.6 Å². The minimum atomic E-state index is -0.137. The van der Waals surface area contributed by atoms with Gasteiger partial charge in [0.05, 0.1) is 19.3 Å². The zero-order chi connectivity index (χ0) is 10.3. The number of methoxy groups -OCH3 is 1. The van der Waals surface area contributed by atoms with Crippen LogP contribution in [0.2, 0.25) is 0 Å². The molecule has 0 radical (unpaired) electrons. The van der Waals surface area contributed by atoms with E-state index in [9.17, 15) is 4.79 Å². The zero-order valence-corrected chi connectivity index (χ0v) is 8.62. The number of hydrogen-bond donors (Lipinski definition) is 1. The van der Waals surface area contributed by atoms with Crippen molar-refractivity contribution in [3.8, 4) is 0 Å². The Labute approximate surface area is 79.5 Å². The summed E-state index contributed by atoms with van der Waals surface area (Å²) in [6, 6.07) is -0.137. The van der Waals surface area contributed by atoms with E-state index in [0.29, 0.717) is 19.7 Å². The van der Waals surface area contributed by atoms with Crippen LogP contribution in [0.25, 0.3) is 0 Å². The Morgan fingerprint density at radius 2 is 2.15 bits per heavy atom. The van der Waals surface area contributed by atoms with Crippen LogP contribution in [0.15, 0.2) is 0 Å². The van der Waals surface area contributed by atoms with E-state index in [1.54, 1.807) is 14.0 Å². The van der Waals surface area contributed by atoms with E-state index in [-0.39, 0.29) is 18.4 Å². The minimum Gasteiger partial charge on any atom is -0.395 e. The molecule has 0 amide bonds. The normalized spacial score (nSPS) is 13.3. The lowest BCUT2D eigenvalue weighted by Gasteiger charge is -2.25. The lowest BCUT2D eigenvalue weighted by molar-refractivity contribution is -0.122. The molecule has 0 spiro atoms. The summed E-state index contributed by atoms with van der Waals surface area (Å²) in [5, 5.41) is 8.77. The fourth-order valence-electron chi connectivity index (χ4n) is 1.09. The first kappa shape index (κ1) is 12.6. The molecule has 0 rings (SSSR count). The summed E-state index contributed by atoms with van der Waals surface area (Å²) < 4.78 is 4.91. The number of carbonyl (C=O) groups excluding carboxylic acids is 1. The third-order valence-corrected chi connectivity index (χ3v) is 2.11. The molecule has 1 atom stereocenters. The highest BCUT2D eigenvalue weighted by Gasteiger charge is 2.16. The summed E-state index contributed by atoms with van der Waals surface area (Å²) in [4.78, 5) is 13.0. The third kappa shape index (κ3) is 4.98. The summed E-state index contributed by atoms with van der Waals surface area (Å²) in [6.45, 7) is 5.25. The van der Waals surface area contributed by atoms with Crippen molar-refractivity contribution in [2.45, 2.75) is 19.9 Å². The Hall–Kier alpha value is -0.450. The number of aliphatic hydroxyl groups excluding tert-OH is 1. The molecule has 1 N–H and O–H groups in total. The number of aliphatic hydroxyl groups is 1. The van der Waals surface area contributed by atoms with Gasteiger partial charge in [-0.25, -0.2) is 0 Å². The summed E-state index contributed by atoms with van der Waals surface area (Å²) >= 11 is 0. The number of nitrogens with zero attached hydrogens (tertiary/aromatic N) is 1. The average molecular weight is 189 g/mol. The molecule has 0 aromatic rings. The SMILES string of the molecule is COCCN(CCO)C(C)C(C)=O. The maximum atomic E-state index is 11.1. The van der Waals surface area contributed by atoms with Crippen LogP contribution in [0.3, 0.4) is 0 Å². The van der Waals surface area contributed by atoms with Crippen molar-refractivity contribution >= 4 is 5.78 Å². The van der Waals surface area contributed by atoms with Crippen LogP contribution in [0, 0.1) is 0 Å². The van der Waals surface area contributed by atoms with Gasteiger partial charge in [0.25, 0.3) is 0 Å². The van der Waals surface area contributed by atoms with E-state index in [1.807, 2.05) is 11.8 Å². The summed E-state index contributed by atoms with van der Waals surface area (Å²) in [7, 11) is 1.62. The van der Waals surface area contributed by atoms with Gasteiger partial charge in [0, 0.05) is 20.2 Å². The van der Waals surface area contributed by atoms with Crippen molar-refractivity contribution in [1.29, 1.82) is 0 Å². The lowest BCUT2D eigenvalue weighted by atomic mass is 10.2. The van der Waals surface area contributed by atoms with Crippen molar-refractivity contribution in [3.63, 3.8) is 0 Å². The molecule has 0 saturated carbocycles. The number of rotatable bonds is 7. The van der Waals surface area contributed by atoms with Gasteiger partial charge in [0.15, 0.2) is 0 Å². The van der Waals surface area contributed by atoms with E-state index in [0.717, 1.165) is 0 Å². The van der Waals surface area contributed by atoms with Crippen LogP contribution >= 0.6 is 0 Å². The van der Waals surface area contributed by atoms with Gasteiger partial charge in [-0.15, -0.1) is 0 Å². The fourth-order valence-corrected chi connectivity index (χ4v) is 1.09. The maximum Gasteiger partial charge on any atom is 0.146 e. The highest BCUT2D eigenvalue weighted by molar-refractivity contribution is 5.80. The van der Waals surface area contributed by atoms with Crippen LogP contribution in [0.1, 0.15) is 13.8 Å². The van der Waals surface area contributed by atoms with Crippen LogP contribution in [-0.4, -0.2) is 55.2 Å². The topological polar surface area (TPSA) is 49.8 Å². The van der Waals surface area contributed by atoms with Crippen LogP contribution in [-0.2, 0) is 9.53 Å². The second-order valence-electron chi connectivity index (χ2n) is 3.04. The monoisotopic (exact) mass is 189 g/mol. The molecule has 0 aromatic carbocycles. The molecular formula is C9H19NO3. The number of carbonyl (C=O) groups is 1. The summed E-state index contributed by atoms with van der Waals surface area (Å²) in [5.74, 6) is 0.115. The van der Waals surface area contributed by atoms with Crippen molar-refractivity contribution in [2.75, 3.05) is 33.4 Å². The third-order valence-electron chi connectivity index (χ3n) is 2.11. The smallest absolute Gasteiger partial charge is 0.146 e. The van der Waals surface area contributed by atoms with Gasteiger partial charge < -0.3 is 9.84 Å². The molecule has 0 aliphatic heterocycles. The fraction of sp³-hybridized carbons (Fsp3) is 0.889. The van der Waals surface area contributed by atoms with Gasteiger partial charge in [-0.1, -0.05) is 0 Å². The Morgan fingerprint density at radius 1 is 1.54 bits per heavy atom. The summed E-state index contributed by atoms with van der Waals surface area (Å²) in [5.41, 5.74) is 0. The van der Waals surface area contributed by atoms with Gasteiger partial charge in [0.1, 0.15) is 5.78 Å². The second kappa shape index (κ2) is 7.00. The molecule has 0 saturated heterocycles. The lowest BCUT2D eigenvalue weighted by Crippen LogP contribution is -2.41. The van der Waals surface area contributed by atoms with E-state index in [4.69, 9.17) is 9.84 Å². The quantitative estimate of drug-likeness (QED) is 0.608. The number of Topliss-reactive ketones (excluding diaryl/α,β-unsaturated/α-hetero) is 1. The molecule has 78 valence electrons. The standard InChI is InChI=1S/C9H19NO3/c1-8(9(2)12)10(4-6-11)5-7-13-3/h8,11H,4-7H2,1-3H3. The molecule has 0 aliphatic carbocycles. The molecule has 4 heteroatoms. The van der Waals surface area contributed by atoms with E-state index in [2.05, 4.69) is 0 Å². The van der Waals surface area contributed by atoms with E-state index < -0.39 is 0 Å². The number of ether oxygens (including phenoxy) is 1. The van der Waals surface area contributed by atoms with Crippen molar-refractivity contribution in [3.05, 3.63) is 0 Å². The molecule has 1 unspecified atom stereocenters. The molecule has 4 nitrogen and oxygen atoms in total. The first-order valence-electron chi connectivity index (χ1n) is 4.47. The predicted octanol–water partition coefficient (Wildman–Crippen LogP) is -0.0954. The van der Waals surface area contributed by atoms with Gasteiger partial charge in [-0.05, 0) is 13.8 Å². The highest BCUT2D eigenvalue weighted by Crippen LogP contribution is 1.99. The molecule has 0 bridgehead atoms. The number of hydrogen-bond acceptors (Lipinski definition) is 4. The van der Waals surface area contributed by atoms with Gasteiger partial charge in [-0.3, -0.25) is 9.69 Å². The van der Waals surface area contributed by atoms with Gasteiger partial charge in [-0.2, -0.15) is 0 Å². The Bertz CT molecular complexity index is 150. The summed E-state index contributed by atoms with van der Waals surface area (Å²) in [6.07, 6.45) is 0. The average Bonchev–Trinajstić information content (AvgIpc) is 2.11. The Balaban J connectivity index is 3.98. The second-order valence-corrected chi connectivity index (χ2v) is 3.04. The van der Waals surface area contributed by atoms with Crippen LogP contribution in [0.5, 0.6) is 0 Å². The van der Waals surface area contributed by atoms with E-state index >= 15 is 0 Å². The first-order chi connectivity index (χ1) is 6.13. The largest absolute Gasteiger partial charge is 0.395 e. The first-order valence-corrected chi connectivity index (χ1v) is 4.47. The van der Waals surface area contributed by atoms with Crippen LogP contribution in [0.4, 0.5) is 0 Å². The van der Waals surface area contributed by atoms with Crippen molar-refractivity contribution in [1.82, 2.24) is 4.90 Å². The molecule has 0 fully saturated rings. The Kier molecular flexibility index (Phi) is 6.76.